The predicted molar refractivity (Wildman–Crippen MR) is 64.9 cm³/mol. The van der Waals surface area contributed by atoms with E-state index in [-0.39, 0.29) is 5.56 Å². The number of H-pyrrole nitrogens is 1. The van der Waals surface area contributed by atoms with Crippen molar-refractivity contribution in [2.75, 3.05) is 5.73 Å². The van der Waals surface area contributed by atoms with Gasteiger partial charge in [-0.15, -0.1) is 10.2 Å². The summed E-state index contributed by atoms with van der Waals surface area (Å²) in [5.74, 6) is 0.370. The van der Waals surface area contributed by atoms with E-state index in [9.17, 15) is 4.79 Å². The maximum absolute atomic E-state index is 11.4. The first-order chi connectivity index (χ1) is 7.58. The molecule has 6 heteroatoms. The third-order valence-corrected chi connectivity index (χ3v) is 2.62. The number of benzene rings is 1. The number of nitrogens with zero attached hydrogens (tertiary/aromatic N) is 2. The minimum absolute atomic E-state index is 0.260. The number of rotatable bonds is 1. The Morgan fingerprint density at radius 1 is 1.38 bits per heavy atom. The first kappa shape index (κ1) is 10.8. The molecule has 0 saturated carbocycles. The Morgan fingerprint density at radius 2 is 2.12 bits per heavy atom. The standard InChI is InChI=1S/C10H9BrN4O/c1-5-10(16)13-9(15-14-5)7-4-6(11)2-3-8(7)12/h2-4H,12H2,1H3,(H,13,15,16). The highest BCUT2D eigenvalue weighted by Crippen LogP contribution is 2.25. The Morgan fingerprint density at radius 3 is 2.81 bits per heavy atom. The summed E-state index contributed by atoms with van der Waals surface area (Å²) in [6.07, 6.45) is 0. The minimum atomic E-state index is -0.260. The number of aromatic nitrogens is 3. The van der Waals surface area contributed by atoms with Crippen molar-refractivity contribution in [1.29, 1.82) is 0 Å². The van der Waals surface area contributed by atoms with Crippen molar-refractivity contribution in [1.82, 2.24) is 15.2 Å². The van der Waals surface area contributed by atoms with Crippen LogP contribution in [0.1, 0.15) is 5.69 Å². The number of hydrogen-bond donors (Lipinski definition) is 2. The molecule has 0 aliphatic heterocycles. The molecule has 2 aromatic rings. The molecular formula is C10H9BrN4O. The van der Waals surface area contributed by atoms with Gasteiger partial charge in [-0.1, -0.05) is 15.9 Å². The highest BCUT2D eigenvalue weighted by Gasteiger charge is 2.07. The number of aromatic amines is 1. The largest absolute Gasteiger partial charge is 0.398 e. The zero-order valence-corrected chi connectivity index (χ0v) is 10.1. The second-order valence-electron chi connectivity index (χ2n) is 3.32. The van der Waals surface area contributed by atoms with Crippen LogP contribution in [0.3, 0.4) is 0 Å². The zero-order chi connectivity index (χ0) is 11.7. The van der Waals surface area contributed by atoms with Gasteiger partial charge >= 0.3 is 0 Å². The average molecular weight is 281 g/mol. The average Bonchev–Trinajstić information content (AvgIpc) is 2.26. The van der Waals surface area contributed by atoms with Gasteiger partial charge in [0.1, 0.15) is 5.69 Å². The van der Waals surface area contributed by atoms with Gasteiger partial charge in [-0.05, 0) is 25.1 Å². The first-order valence-corrected chi connectivity index (χ1v) is 5.36. The molecule has 2 rings (SSSR count). The predicted octanol–water partition coefficient (Wildman–Crippen LogP) is 1.49. The second-order valence-corrected chi connectivity index (χ2v) is 4.24. The van der Waals surface area contributed by atoms with Crippen LogP contribution < -0.4 is 11.3 Å². The van der Waals surface area contributed by atoms with Crippen LogP contribution >= 0.6 is 15.9 Å². The lowest BCUT2D eigenvalue weighted by atomic mass is 10.2. The molecule has 1 aromatic carbocycles. The molecule has 0 aliphatic carbocycles. The molecule has 0 amide bonds. The van der Waals surface area contributed by atoms with Crippen molar-refractivity contribution >= 4 is 21.6 Å². The fourth-order valence-corrected chi connectivity index (χ4v) is 1.61. The van der Waals surface area contributed by atoms with Gasteiger partial charge in [-0.25, -0.2) is 0 Å². The topological polar surface area (TPSA) is 84.7 Å². The maximum atomic E-state index is 11.4. The quantitative estimate of drug-likeness (QED) is 0.775. The normalized spacial score (nSPS) is 10.4. The summed E-state index contributed by atoms with van der Waals surface area (Å²) in [5.41, 5.74) is 7.06. The highest BCUT2D eigenvalue weighted by atomic mass is 79.9. The number of halogens is 1. The van der Waals surface area contributed by atoms with Crippen LogP contribution in [0.15, 0.2) is 27.5 Å². The molecule has 0 bridgehead atoms. The summed E-state index contributed by atoms with van der Waals surface area (Å²) in [4.78, 5) is 14.0. The summed E-state index contributed by atoms with van der Waals surface area (Å²) < 4.78 is 0.861. The van der Waals surface area contributed by atoms with Crippen LogP contribution in [-0.4, -0.2) is 15.2 Å². The molecule has 0 fully saturated rings. The van der Waals surface area contributed by atoms with Crippen molar-refractivity contribution in [2.45, 2.75) is 6.92 Å². The third-order valence-electron chi connectivity index (χ3n) is 2.13. The van der Waals surface area contributed by atoms with Crippen molar-refractivity contribution < 1.29 is 0 Å². The first-order valence-electron chi connectivity index (χ1n) is 4.57. The van der Waals surface area contributed by atoms with Crippen LogP contribution in [0.5, 0.6) is 0 Å². The number of anilines is 1. The summed E-state index contributed by atoms with van der Waals surface area (Å²) in [7, 11) is 0. The molecule has 0 spiro atoms. The van der Waals surface area contributed by atoms with Gasteiger partial charge in [-0.2, -0.15) is 0 Å². The summed E-state index contributed by atoms with van der Waals surface area (Å²) in [6.45, 7) is 1.60. The van der Waals surface area contributed by atoms with Crippen LogP contribution in [0.2, 0.25) is 0 Å². The number of nitrogens with two attached hydrogens (primary N) is 1. The van der Waals surface area contributed by atoms with E-state index in [1.165, 1.54) is 0 Å². The molecule has 0 saturated heterocycles. The molecule has 0 unspecified atom stereocenters. The molecule has 0 radical (unpaired) electrons. The third kappa shape index (κ3) is 1.96. The Labute approximate surface area is 99.8 Å². The molecule has 0 aliphatic rings. The fraction of sp³-hybridized carbons (Fsp3) is 0.100. The monoisotopic (exact) mass is 280 g/mol. The Balaban J connectivity index is 2.63. The summed E-state index contributed by atoms with van der Waals surface area (Å²) in [5, 5.41) is 7.67. The van der Waals surface area contributed by atoms with Crippen molar-refractivity contribution in [3.63, 3.8) is 0 Å². The smallest absolute Gasteiger partial charge is 0.272 e. The number of nitrogens with one attached hydrogen (secondary N) is 1. The van der Waals surface area contributed by atoms with Crippen LogP contribution in [0.25, 0.3) is 11.4 Å². The SMILES string of the molecule is Cc1nnc(-c2cc(Br)ccc2N)[nH]c1=O. The van der Waals surface area contributed by atoms with E-state index in [1.807, 2.05) is 6.07 Å². The molecule has 82 valence electrons. The van der Waals surface area contributed by atoms with Gasteiger partial charge in [0.2, 0.25) is 0 Å². The molecule has 1 aromatic heterocycles. The van der Waals surface area contributed by atoms with Gasteiger partial charge in [0.25, 0.3) is 5.56 Å². The van der Waals surface area contributed by atoms with Crippen molar-refractivity contribution in [3.05, 3.63) is 38.7 Å². The highest BCUT2D eigenvalue weighted by molar-refractivity contribution is 9.10. The van der Waals surface area contributed by atoms with Gasteiger partial charge in [0.05, 0.1) is 0 Å². The van der Waals surface area contributed by atoms with E-state index in [0.717, 1.165) is 4.47 Å². The molecule has 0 atom stereocenters. The lowest BCUT2D eigenvalue weighted by molar-refractivity contribution is 0.908. The summed E-state index contributed by atoms with van der Waals surface area (Å²) in [6, 6.07) is 5.34. The molecule has 5 nitrogen and oxygen atoms in total. The number of hydrogen-bond acceptors (Lipinski definition) is 4. The van der Waals surface area contributed by atoms with Crippen LogP contribution in [-0.2, 0) is 0 Å². The second kappa shape index (κ2) is 4.05. The Bertz CT molecular complexity index is 594. The molecule has 1 heterocycles. The maximum Gasteiger partial charge on any atom is 0.272 e. The number of nitrogen functional groups attached to an aromatic ring is 1. The van der Waals surface area contributed by atoms with E-state index in [0.29, 0.717) is 22.8 Å². The lowest BCUT2D eigenvalue weighted by Gasteiger charge is -2.04. The van der Waals surface area contributed by atoms with Gasteiger partial charge in [0.15, 0.2) is 5.82 Å². The van der Waals surface area contributed by atoms with E-state index in [2.05, 4.69) is 31.1 Å². The van der Waals surface area contributed by atoms with E-state index >= 15 is 0 Å². The zero-order valence-electron chi connectivity index (χ0n) is 8.49. The van der Waals surface area contributed by atoms with Crippen LogP contribution in [0, 0.1) is 6.92 Å². The number of aryl methyl sites for hydroxylation is 1. The Hall–Kier alpha value is -1.69. The van der Waals surface area contributed by atoms with Crippen molar-refractivity contribution in [3.8, 4) is 11.4 Å². The van der Waals surface area contributed by atoms with Crippen molar-refractivity contribution in [2.24, 2.45) is 0 Å². The fourth-order valence-electron chi connectivity index (χ4n) is 1.25. The Kier molecular flexibility index (Phi) is 2.74. The van der Waals surface area contributed by atoms with E-state index < -0.39 is 0 Å². The van der Waals surface area contributed by atoms with Crippen LogP contribution in [0.4, 0.5) is 5.69 Å². The summed E-state index contributed by atoms with van der Waals surface area (Å²) >= 11 is 3.33. The van der Waals surface area contributed by atoms with E-state index in [1.54, 1.807) is 19.1 Å². The lowest BCUT2D eigenvalue weighted by Crippen LogP contribution is -2.14. The minimum Gasteiger partial charge on any atom is -0.398 e. The van der Waals surface area contributed by atoms with Gasteiger partial charge < -0.3 is 10.7 Å². The van der Waals surface area contributed by atoms with Gasteiger partial charge in [0, 0.05) is 15.7 Å². The van der Waals surface area contributed by atoms with Gasteiger partial charge in [-0.3, -0.25) is 4.79 Å². The molecule has 16 heavy (non-hydrogen) atoms. The van der Waals surface area contributed by atoms with E-state index in [4.69, 9.17) is 5.73 Å². The molecular weight excluding hydrogens is 272 g/mol. The molecule has 3 N–H and O–H groups in total.